The highest BCUT2D eigenvalue weighted by molar-refractivity contribution is 8.00. The predicted molar refractivity (Wildman–Crippen MR) is 165 cm³/mol. The molecule has 1 atom stereocenters. The smallest absolute Gasteiger partial charge is 0.412 e. The largest absolute Gasteiger partial charge is 0.507 e. The fourth-order valence-electron chi connectivity index (χ4n) is 4.60. The molecule has 0 saturated heterocycles. The first-order chi connectivity index (χ1) is 20.4. The first-order valence-electron chi connectivity index (χ1n) is 13.1. The molecular formula is C32H29N3O6S. The van der Waals surface area contributed by atoms with Crippen LogP contribution in [0.25, 0.3) is 32.7 Å². The van der Waals surface area contributed by atoms with Gasteiger partial charge in [-0.15, -0.1) is 0 Å². The van der Waals surface area contributed by atoms with Gasteiger partial charge in [-0.25, -0.2) is 4.79 Å². The van der Waals surface area contributed by atoms with Crippen LogP contribution in [0.15, 0.2) is 95.9 Å². The minimum absolute atomic E-state index is 0.0209. The molecule has 5 aromatic rings. The van der Waals surface area contributed by atoms with Crippen LogP contribution in [0.2, 0.25) is 0 Å². The fraction of sp³-hybridized carbons (Fsp3) is 0.125. The van der Waals surface area contributed by atoms with E-state index in [1.165, 1.54) is 11.9 Å². The second-order valence-corrected chi connectivity index (χ2v) is 10.3. The van der Waals surface area contributed by atoms with Gasteiger partial charge in [0, 0.05) is 33.3 Å². The molecule has 6 N–H and O–H groups in total. The third-order valence-corrected chi connectivity index (χ3v) is 7.59. The van der Waals surface area contributed by atoms with Gasteiger partial charge in [-0.3, -0.25) is 4.79 Å². The highest BCUT2D eigenvalue weighted by atomic mass is 32.2. The molecule has 214 valence electrons. The van der Waals surface area contributed by atoms with Crippen LogP contribution in [0.4, 0.5) is 10.5 Å². The highest BCUT2D eigenvalue weighted by Crippen LogP contribution is 2.47. The van der Waals surface area contributed by atoms with Crippen LogP contribution in [0.5, 0.6) is 17.2 Å². The van der Waals surface area contributed by atoms with Gasteiger partial charge in [0.25, 0.3) is 0 Å². The number of amides is 1. The number of anilines is 1. The van der Waals surface area contributed by atoms with Gasteiger partial charge in [-0.1, -0.05) is 54.6 Å². The Kier molecular flexibility index (Phi) is 8.66. The van der Waals surface area contributed by atoms with Crippen molar-refractivity contribution in [2.75, 3.05) is 18.4 Å². The Balaban J connectivity index is 1.55. The maximum atomic E-state index is 12.7. The van der Waals surface area contributed by atoms with Gasteiger partial charge in [0.2, 0.25) is 0 Å². The Morgan fingerprint density at radius 2 is 1.62 bits per heavy atom. The van der Waals surface area contributed by atoms with Crippen molar-refractivity contribution in [1.82, 2.24) is 5.32 Å². The molecule has 1 amide bonds. The topological polar surface area (TPSA) is 143 Å². The van der Waals surface area contributed by atoms with E-state index in [0.717, 1.165) is 32.5 Å². The van der Waals surface area contributed by atoms with Gasteiger partial charge in [-0.2, -0.15) is 0 Å². The van der Waals surface area contributed by atoms with Crippen LogP contribution in [-0.4, -0.2) is 42.0 Å². The summed E-state index contributed by atoms with van der Waals surface area (Å²) < 4.78 is 14.4. The van der Waals surface area contributed by atoms with E-state index in [4.69, 9.17) is 20.3 Å². The number of carbonyl (C=O) groups is 2. The van der Waals surface area contributed by atoms with Gasteiger partial charge < -0.3 is 35.5 Å². The number of phenols is 1. The molecule has 5 rings (SSSR count). The number of phenolic OH excluding ortho intramolecular Hbond substituents is 1. The first kappa shape index (κ1) is 28.6. The van der Waals surface area contributed by atoms with E-state index in [0.29, 0.717) is 16.5 Å². The van der Waals surface area contributed by atoms with Crippen molar-refractivity contribution in [1.29, 1.82) is 0 Å². The summed E-state index contributed by atoms with van der Waals surface area (Å²) in [5, 5.41) is 26.2. The van der Waals surface area contributed by atoms with E-state index < -0.39 is 18.1 Å². The van der Waals surface area contributed by atoms with Crippen LogP contribution in [0.1, 0.15) is 6.42 Å². The average Bonchev–Trinajstić information content (AvgIpc) is 3.01. The summed E-state index contributed by atoms with van der Waals surface area (Å²) in [5.41, 5.74) is 7.30. The third kappa shape index (κ3) is 6.19. The number of nitrogens with two attached hydrogens (primary N) is 1. The molecule has 0 bridgehead atoms. The van der Waals surface area contributed by atoms with Crippen LogP contribution in [0, 0.1) is 0 Å². The van der Waals surface area contributed by atoms with E-state index in [9.17, 15) is 14.7 Å². The quantitative estimate of drug-likeness (QED) is 0.0934. The summed E-state index contributed by atoms with van der Waals surface area (Å²) in [5.74, 6) is -0.120. The minimum atomic E-state index is -1.15. The Morgan fingerprint density at radius 1 is 0.929 bits per heavy atom. The lowest BCUT2D eigenvalue weighted by atomic mass is 9.93. The lowest BCUT2D eigenvalue weighted by Gasteiger charge is -2.18. The fourth-order valence-corrected chi connectivity index (χ4v) is 5.27. The highest BCUT2D eigenvalue weighted by Gasteiger charge is 2.21. The number of carboxylic acids is 1. The molecule has 0 radical (unpaired) electrons. The molecule has 0 heterocycles. The predicted octanol–water partition coefficient (Wildman–Crippen LogP) is 6.38. The number of aromatic hydroxyl groups is 1. The minimum Gasteiger partial charge on any atom is -0.507 e. The van der Waals surface area contributed by atoms with E-state index in [1.54, 1.807) is 13.2 Å². The van der Waals surface area contributed by atoms with Gasteiger partial charge in [0.15, 0.2) is 0 Å². The van der Waals surface area contributed by atoms with E-state index in [2.05, 4.69) is 10.0 Å². The van der Waals surface area contributed by atoms with Crippen LogP contribution in [0.3, 0.4) is 0 Å². The van der Waals surface area contributed by atoms with Gasteiger partial charge in [-0.05, 0) is 65.5 Å². The molecule has 42 heavy (non-hydrogen) atoms. The monoisotopic (exact) mass is 583 g/mol. The van der Waals surface area contributed by atoms with Crippen molar-refractivity contribution in [3.63, 3.8) is 0 Å². The number of fused-ring (bicyclic) bond motifs is 2. The molecule has 0 spiro atoms. The molecule has 10 heteroatoms. The van der Waals surface area contributed by atoms with E-state index in [-0.39, 0.29) is 24.5 Å². The summed E-state index contributed by atoms with van der Waals surface area (Å²) in [4.78, 5) is 24.7. The summed E-state index contributed by atoms with van der Waals surface area (Å²) in [7, 11) is 1.62. The molecule has 0 saturated carbocycles. The summed E-state index contributed by atoms with van der Waals surface area (Å²) in [6.07, 6.45) is -0.723. The molecule has 5 aromatic carbocycles. The molecule has 0 aliphatic carbocycles. The first-order valence-corrected chi connectivity index (χ1v) is 13.9. The standard InChI is InChI=1S/C32H29N3O6S/c1-40-20-11-13-21(14-12-20)42-35-27-18-25(30(36)24-9-5-4-8-23(24)27)29-22-7-3-2-6-19(22)10-15-28(29)41-32(39)34-17-16-26(33)31(37)38/h2-15,18,26,35-36H,16-17,33H2,1H3,(H,34,39)(H,37,38). The number of carbonyl (C=O) groups excluding carboxylic acids is 1. The third-order valence-electron chi connectivity index (χ3n) is 6.76. The Hall–Kier alpha value is -4.93. The molecule has 0 aromatic heterocycles. The van der Waals surface area contributed by atoms with Crippen LogP contribution < -0.4 is 25.2 Å². The lowest BCUT2D eigenvalue weighted by molar-refractivity contribution is -0.138. The zero-order chi connectivity index (χ0) is 29.6. The van der Waals surface area contributed by atoms with Crippen molar-refractivity contribution in [2.24, 2.45) is 5.73 Å². The SMILES string of the molecule is COc1ccc(SNc2cc(-c3c(OC(=O)NCCC(N)C(=O)O)ccc4ccccc34)c(O)c3ccccc23)cc1. The Bertz CT molecular complexity index is 1760. The number of aliphatic carboxylic acids is 1. The zero-order valence-electron chi connectivity index (χ0n) is 22.7. The second-order valence-electron chi connectivity index (χ2n) is 9.46. The number of ether oxygens (including phenoxy) is 2. The lowest BCUT2D eigenvalue weighted by Crippen LogP contribution is -2.36. The molecule has 0 aliphatic rings. The number of methoxy groups -OCH3 is 1. The van der Waals surface area contributed by atoms with Gasteiger partial charge in [0.05, 0.1) is 12.8 Å². The second kappa shape index (κ2) is 12.7. The zero-order valence-corrected chi connectivity index (χ0v) is 23.5. The molecule has 1 unspecified atom stereocenters. The van der Waals surface area contributed by atoms with Gasteiger partial charge >= 0.3 is 12.1 Å². The molecule has 0 aliphatic heterocycles. The van der Waals surface area contributed by atoms with E-state index in [1.807, 2.05) is 84.9 Å². The van der Waals surface area contributed by atoms with E-state index >= 15 is 0 Å². The normalized spacial score (nSPS) is 11.7. The van der Waals surface area contributed by atoms with Crippen LogP contribution in [-0.2, 0) is 4.79 Å². The molecule has 0 fully saturated rings. The Morgan fingerprint density at radius 3 is 2.33 bits per heavy atom. The molecular weight excluding hydrogens is 554 g/mol. The van der Waals surface area contributed by atoms with Crippen molar-refractivity contribution < 1.29 is 29.3 Å². The average molecular weight is 584 g/mol. The van der Waals surface area contributed by atoms with Crippen LogP contribution >= 0.6 is 11.9 Å². The van der Waals surface area contributed by atoms with Crippen molar-refractivity contribution >= 4 is 51.2 Å². The van der Waals surface area contributed by atoms with Gasteiger partial charge in [0.1, 0.15) is 23.3 Å². The number of rotatable bonds is 10. The summed E-state index contributed by atoms with van der Waals surface area (Å²) >= 11 is 1.41. The summed E-state index contributed by atoms with van der Waals surface area (Å²) in [6.45, 7) is 0.0209. The Labute approximate surface area is 246 Å². The number of hydrogen-bond donors (Lipinski definition) is 5. The number of nitrogens with one attached hydrogen (secondary N) is 2. The number of benzene rings is 5. The van der Waals surface area contributed by atoms with Crippen molar-refractivity contribution in [3.05, 3.63) is 91.0 Å². The number of hydrogen-bond acceptors (Lipinski definition) is 8. The summed E-state index contributed by atoms with van der Waals surface area (Å²) in [6, 6.07) is 27.0. The van der Waals surface area contributed by atoms with Crippen molar-refractivity contribution in [2.45, 2.75) is 17.4 Å². The number of carboxylic acid groups (broad SMARTS) is 1. The maximum absolute atomic E-state index is 12.7. The van der Waals surface area contributed by atoms with Crippen molar-refractivity contribution in [3.8, 4) is 28.4 Å². The maximum Gasteiger partial charge on any atom is 0.412 e. The molecule has 9 nitrogen and oxygen atoms in total.